The Morgan fingerprint density at radius 3 is 2.22 bits per heavy atom. The Balaban J connectivity index is 1.66. The van der Waals surface area contributed by atoms with Gasteiger partial charge in [-0.2, -0.15) is 12.7 Å². The van der Waals surface area contributed by atoms with E-state index in [9.17, 15) is 18.0 Å². The smallest absolute Gasteiger partial charge is 0.305 e. The highest BCUT2D eigenvalue weighted by Crippen LogP contribution is 2.51. The molecule has 0 bridgehead atoms. The lowest BCUT2D eigenvalue weighted by atomic mass is 9.88. The monoisotopic (exact) mass is 392 g/mol. The van der Waals surface area contributed by atoms with Crippen molar-refractivity contribution in [1.82, 2.24) is 4.31 Å². The summed E-state index contributed by atoms with van der Waals surface area (Å²) in [5, 5.41) is 0. The molecule has 9 heteroatoms. The number of hydrogen-bond donors (Lipinski definition) is 2. The van der Waals surface area contributed by atoms with Crippen molar-refractivity contribution in [3.05, 3.63) is 29.8 Å². The Kier molecular flexibility index (Phi) is 4.01. The first-order chi connectivity index (χ1) is 12.7. The molecule has 27 heavy (non-hydrogen) atoms. The maximum absolute atomic E-state index is 13.1. The van der Waals surface area contributed by atoms with Crippen molar-refractivity contribution in [2.45, 2.75) is 49.5 Å². The highest BCUT2D eigenvalue weighted by Gasteiger charge is 2.59. The lowest BCUT2D eigenvalue weighted by molar-refractivity contribution is -0.127. The summed E-state index contributed by atoms with van der Waals surface area (Å²) in [6.07, 6.45) is 4.03. The average Bonchev–Trinajstić information content (AvgIpc) is 3.34. The fourth-order valence-corrected chi connectivity index (χ4v) is 6.57. The molecule has 8 nitrogen and oxygen atoms in total. The van der Waals surface area contributed by atoms with Gasteiger partial charge in [-0.3, -0.25) is 13.9 Å². The summed E-state index contributed by atoms with van der Waals surface area (Å²) in [7, 11) is -3.80. The maximum atomic E-state index is 13.1. The Labute approximate surface area is 158 Å². The van der Waals surface area contributed by atoms with Crippen LogP contribution in [0.15, 0.2) is 24.3 Å². The fourth-order valence-electron chi connectivity index (χ4n) is 4.53. The first kappa shape index (κ1) is 18.2. The molecule has 4 N–H and O–H groups in total. The van der Waals surface area contributed by atoms with Crippen LogP contribution in [0, 0.1) is 0 Å². The molecule has 146 valence electrons. The Morgan fingerprint density at radius 1 is 1.04 bits per heavy atom. The summed E-state index contributed by atoms with van der Waals surface area (Å²) in [6.45, 7) is 0.345. The number of hydrogen-bond acceptors (Lipinski definition) is 4. The van der Waals surface area contributed by atoms with Crippen LogP contribution < -0.4 is 15.8 Å². The number of rotatable bonds is 5. The van der Waals surface area contributed by atoms with Crippen LogP contribution in [0.1, 0.15) is 44.1 Å². The van der Waals surface area contributed by atoms with Gasteiger partial charge in [-0.1, -0.05) is 12.1 Å². The van der Waals surface area contributed by atoms with Crippen LogP contribution in [0.2, 0.25) is 0 Å². The Morgan fingerprint density at radius 2 is 1.70 bits per heavy atom. The number of nitrogens with zero attached hydrogens (tertiary/aromatic N) is 2. The molecule has 1 saturated carbocycles. The first-order valence-electron chi connectivity index (χ1n) is 9.21. The van der Waals surface area contributed by atoms with Gasteiger partial charge in [-0.15, -0.1) is 0 Å². The number of amides is 2. The van der Waals surface area contributed by atoms with Gasteiger partial charge >= 0.3 is 10.2 Å². The first-order valence-corrected chi connectivity index (χ1v) is 10.6. The quantitative estimate of drug-likeness (QED) is 0.750. The predicted octanol–water partition coefficient (Wildman–Crippen LogP) is 0.368. The number of piperidine rings is 1. The van der Waals surface area contributed by atoms with Gasteiger partial charge in [0, 0.05) is 18.4 Å². The van der Waals surface area contributed by atoms with Crippen molar-refractivity contribution >= 4 is 27.7 Å². The van der Waals surface area contributed by atoms with E-state index in [-0.39, 0.29) is 17.9 Å². The minimum atomic E-state index is -3.80. The minimum Gasteiger partial charge on any atom is -0.370 e. The van der Waals surface area contributed by atoms with Crippen LogP contribution in [-0.4, -0.2) is 43.2 Å². The molecule has 2 aliphatic heterocycles. The van der Waals surface area contributed by atoms with Gasteiger partial charge in [0.25, 0.3) is 0 Å². The molecule has 2 saturated heterocycles. The molecular formula is C18H24N4O4S. The van der Waals surface area contributed by atoms with E-state index < -0.39 is 21.7 Å². The van der Waals surface area contributed by atoms with Crippen molar-refractivity contribution in [2.24, 2.45) is 11.5 Å². The molecule has 4 rings (SSSR count). The zero-order valence-electron chi connectivity index (χ0n) is 15.1. The van der Waals surface area contributed by atoms with E-state index in [1.807, 2.05) is 12.1 Å². The van der Waals surface area contributed by atoms with Crippen molar-refractivity contribution in [1.29, 1.82) is 0 Å². The van der Waals surface area contributed by atoms with Crippen molar-refractivity contribution in [3.8, 4) is 0 Å². The second kappa shape index (κ2) is 5.93. The van der Waals surface area contributed by atoms with E-state index in [0.717, 1.165) is 31.2 Å². The molecule has 2 amide bonds. The molecule has 1 aromatic rings. The predicted molar refractivity (Wildman–Crippen MR) is 99.9 cm³/mol. The second-order valence-corrected chi connectivity index (χ2v) is 9.69. The van der Waals surface area contributed by atoms with Gasteiger partial charge in [-0.05, 0) is 49.8 Å². The van der Waals surface area contributed by atoms with Gasteiger partial charge < -0.3 is 11.5 Å². The standard InChI is InChI=1S/C18H24N4O4S/c19-15(23)11-17(8-9-17)13-3-5-14(6-4-13)21-12-18(16(20)24)7-1-2-10-22(18)27(21,25)26/h3-6H,1-2,7-12H2,(H2,19,23)(H2,20,24)/t18-/m1/s1. The van der Waals surface area contributed by atoms with E-state index in [1.165, 1.54) is 8.61 Å². The third-order valence-electron chi connectivity index (χ3n) is 6.23. The maximum Gasteiger partial charge on any atom is 0.305 e. The molecule has 0 spiro atoms. The van der Waals surface area contributed by atoms with E-state index in [1.54, 1.807) is 12.1 Å². The molecule has 3 aliphatic rings. The number of fused-ring (bicyclic) bond motifs is 1. The molecule has 1 aliphatic carbocycles. The van der Waals surface area contributed by atoms with Crippen LogP contribution in [0.25, 0.3) is 0 Å². The number of carbonyl (C=O) groups excluding carboxylic acids is 2. The Hall–Kier alpha value is -2.13. The van der Waals surface area contributed by atoms with Crippen LogP contribution >= 0.6 is 0 Å². The highest BCUT2D eigenvalue weighted by atomic mass is 32.2. The van der Waals surface area contributed by atoms with E-state index in [4.69, 9.17) is 11.5 Å². The van der Waals surface area contributed by atoms with Gasteiger partial charge in [0.15, 0.2) is 0 Å². The van der Waals surface area contributed by atoms with E-state index >= 15 is 0 Å². The van der Waals surface area contributed by atoms with Crippen LogP contribution in [-0.2, 0) is 25.2 Å². The minimum absolute atomic E-state index is 0.0381. The number of nitrogens with two attached hydrogens (primary N) is 2. The lowest BCUT2D eigenvalue weighted by Gasteiger charge is -2.35. The van der Waals surface area contributed by atoms with Crippen LogP contribution in [0.4, 0.5) is 5.69 Å². The van der Waals surface area contributed by atoms with Gasteiger partial charge in [0.1, 0.15) is 5.54 Å². The average molecular weight is 392 g/mol. The lowest BCUT2D eigenvalue weighted by Crippen LogP contribution is -2.58. The fraction of sp³-hybridized carbons (Fsp3) is 0.556. The van der Waals surface area contributed by atoms with Crippen LogP contribution in [0.3, 0.4) is 0 Å². The SMILES string of the molecule is NC(=O)CC1(c2ccc(N3C[C@@]4(C(N)=O)CCCCN4S3(=O)=O)cc2)CC1. The summed E-state index contributed by atoms with van der Waals surface area (Å²) >= 11 is 0. The van der Waals surface area contributed by atoms with Gasteiger partial charge in [0.05, 0.1) is 12.2 Å². The second-order valence-electron chi connectivity index (χ2n) is 7.91. The molecule has 3 fully saturated rings. The molecule has 0 unspecified atom stereocenters. The van der Waals surface area contributed by atoms with Crippen molar-refractivity contribution in [3.63, 3.8) is 0 Å². The summed E-state index contributed by atoms with van der Waals surface area (Å²) in [5.41, 5.74) is 11.1. The Bertz CT molecular complexity index is 894. The topological polar surface area (TPSA) is 127 Å². The van der Waals surface area contributed by atoms with Gasteiger partial charge in [0.2, 0.25) is 11.8 Å². The van der Waals surface area contributed by atoms with Gasteiger partial charge in [-0.25, -0.2) is 0 Å². The summed E-state index contributed by atoms with van der Waals surface area (Å²) in [4.78, 5) is 23.5. The molecular weight excluding hydrogens is 368 g/mol. The number of primary amides is 2. The largest absolute Gasteiger partial charge is 0.370 e. The zero-order valence-corrected chi connectivity index (χ0v) is 15.9. The normalized spacial score (nSPS) is 28.5. The molecule has 0 aromatic heterocycles. The molecule has 0 radical (unpaired) electrons. The summed E-state index contributed by atoms with van der Waals surface area (Å²) in [6, 6.07) is 7.19. The van der Waals surface area contributed by atoms with E-state index in [2.05, 4.69) is 0 Å². The summed E-state index contributed by atoms with van der Waals surface area (Å²) < 4.78 is 28.7. The molecule has 1 atom stereocenters. The van der Waals surface area contributed by atoms with E-state index in [0.29, 0.717) is 25.1 Å². The third kappa shape index (κ3) is 2.71. The number of anilines is 1. The zero-order chi connectivity index (χ0) is 19.4. The molecule has 2 heterocycles. The van der Waals surface area contributed by atoms with Crippen LogP contribution in [0.5, 0.6) is 0 Å². The number of carbonyl (C=O) groups is 2. The molecule has 1 aromatic carbocycles. The third-order valence-corrected chi connectivity index (χ3v) is 8.22. The number of benzene rings is 1. The van der Waals surface area contributed by atoms with Crippen molar-refractivity contribution in [2.75, 3.05) is 17.4 Å². The van der Waals surface area contributed by atoms with Crippen molar-refractivity contribution < 1.29 is 18.0 Å². The summed E-state index contributed by atoms with van der Waals surface area (Å²) in [5.74, 6) is -0.928. The highest BCUT2D eigenvalue weighted by molar-refractivity contribution is 7.90.